The van der Waals surface area contributed by atoms with Crippen molar-refractivity contribution in [1.82, 2.24) is 9.55 Å². The fourth-order valence-electron chi connectivity index (χ4n) is 2.07. The summed E-state index contributed by atoms with van der Waals surface area (Å²) in [6, 6.07) is 9.86. The van der Waals surface area contributed by atoms with E-state index < -0.39 is 0 Å². The van der Waals surface area contributed by atoms with E-state index in [0.717, 1.165) is 5.56 Å². The van der Waals surface area contributed by atoms with Gasteiger partial charge in [-0.2, -0.15) is 0 Å². The number of anilines is 1. The highest BCUT2D eigenvalue weighted by Gasteiger charge is 2.09. The summed E-state index contributed by atoms with van der Waals surface area (Å²) in [5, 5.41) is 3.05. The molecule has 6 nitrogen and oxygen atoms in total. The Bertz CT molecular complexity index is 716. The first kappa shape index (κ1) is 17.0. The first-order valence-electron chi connectivity index (χ1n) is 7.21. The topological polar surface area (TPSA) is 73.2 Å². The van der Waals surface area contributed by atoms with Crippen LogP contribution in [0.1, 0.15) is 12.0 Å². The number of halogens is 1. The smallest absolute Gasteiger partial charge is 0.307 e. The number of ether oxygens (including phenoxy) is 1. The van der Waals surface area contributed by atoms with Crippen LogP contribution in [-0.2, 0) is 22.5 Å². The van der Waals surface area contributed by atoms with E-state index in [1.807, 2.05) is 30.3 Å². The van der Waals surface area contributed by atoms with Gasteiger partial charge in [0, 0.05) is 19.3 Å². The number of methoxy groups -OCH3 is 1. The summed E-state index contributed by atoms with van der Waals surface area (Å²) in [5.41, 5.74) is 0.864. The van der Waals surface area contributed by atoms with Gasteiger partial charge in [-0.15, -0.1) is 0 Å². The maximum absolute atomic E-state index is 12.4. The number of esters is 1. The van der Waals surface area contributed by atoms with Crippen LogP contribution in [0.4, 0.5) is 5.82 Å². The molecule has 0 saturated heterocycles. The lowest BCUT2D eigenvalue weighted by atomic mass is 10.1. The summed E-state index contributed by atoms with van der Waals surface area (Å²) in [7, 11) is 1.32. The average Bonchev–Trinajstić information content (AvgIpc) is 2.57. The van der Waals surface area contributed by atoms with Gasteiger partial charge in [0.05, 0.1) is 13.5 Å². The maximum atomic E-state index is 12.4. The molecule has 0 saturated carbocycles. The molecule has 1 aromatic heterocycles. The fourth-order valence-corrected chi connectivity index (χ4v) is 2.27. The van der Waals surface area contributed by atoms with Crippen LogP contribution < -0.4 is 10.9 Å². The summed E-state index contributed by atoms with van der Waals surface area (Å²) in [5.74, 6) is -0.224. The van der Waals surface area contributed by atoms with Crippen LogP contribution >= 0.6 is 11.6 Å². The number of benzene rings is 1. The van der Waals surface area contributed by atoms with Crippen molar-refractivity contribution >= 4 is 23.4 Å². The lowest BCUT2D eigenvalue weighted by Crippen LogP contribution is -2.26. The standard InChI is InChI=1S/C16H18ClN3O3/c1-23-14(21)7-9-18-15-16(22)20(11-13(17)19-15)10-8-12-5-3-2-4-6-12/h2-6,11H,7-10H2,1H3,(H,18,19). The predicted molar refractivity (Wildman–Crippen MR) is 88.8 cm³/mol. The van der Waals surface area contributed by atoms with E-state index in [4.69, 9.17) is 11.6 Å². The highest BCUT2D eigenvalue weighted by molar-refractivity contribution is 6.29. The largest absolute Gasteiger partial charge is 0.469 e. The third-order valence-corrected chi connectivity index (χ3v) is 3.46. The second kappa shape index (κ2) is 8.33. The monoisotopic (exact) mass is 335 g/mol. The van der Waals surface area contributed by atoms with Gasteiger partial charge >= 0.3 is 5.97 Å². The molecule has 0 aliphatic rings. The van der Waals surface area contributed by atoms with Gasteiger partial charge in [-0.05, 0) is 12.0 Å². The van der Waals surface area contributed by atoms with Gasteiger partial charge in [0.1, 0.15) is 5.15 Å². The number of carbonyl (C=O) groups excluding carboxylic acids is 1. The Morgan fingerprint density at radius 2 is 2.09 bits per heavy atom. The Hall–Kier alpha value is -2.34. The lowest BCUT2D eigenvalue weighted by Gasteiger charge is -2.10. The van der Waals surface area contributed by atoms with Crippen LogP contribution in [-0.4, -0.2) is 29.2 Å². The molecule has 23 heavy (non-hydrogen) atoms. The van der Waals surface area contributed by atoms with E-state index in [0.29, 0.717) is 13.0 Å². The van der Waals surface area contributed by atoms with Gasteiger partial charge in [-0.3, -0.25) is 9.59 Å². The molecular weight excluding hydrogens is 318 g/mol. The number of nitrogens with one attached hydrogen (secondary N) is 1. The summed E-state index contributed by atoms with van der Waals surface area (Å²) >= 11 is 5.97. The SMILES string of the molecule is COC(=O)CCNc1nc(Cl)cn(CCc2ccccc2)c1=O. The highest BCUT2D eigenvalue weighted by Crippen LogP contribution is 2.07. The second-order valence-corrected chi connectivity index (χ2v) is 5.29. The van der Waals surface area contributed by atoms with Crippen molar-refractivity contribution in [3.8, 4) is 0 Å². The first-order valence-corrected chi connectivity index (χ1v) is 7.59. The first-order chi connectivity index (χ1) is 11.1. The van der Waals surface area contributed by atoms with E-state index in [9.17, 15) is 9.59 Å². The molecule has 0 bridgehead atoms. The summed E-state index contributed by atoms with van der Waals surface area (Å²) < 4.78 is 6.06. The molecule has 2 aromatic rings. The molecule has 0 amide bonds. The van der Waals surface area contributed by atoms with Crippen molar-refractivity contribution < 1.29 is 9.53 Å². The van der Waals surface area contributed by atoms with Crippen LogP contribution in [0.25, 0.3) is 0 Å². The molecule has 0 radical (unpaired) electrons. The summed E-state index contributed by atoms with van der Waals surface area (Å²) in [6.07, 6.45) is 2.37. The molecule has 1 N–H and O–H groups in total. The summed E-state index contributed by atoms with van der Waals surface area (Å²) in [6.45, 7) is 0.755. The van der Waals surface area contributed by atoms with Crippen molar-refractivity contribution in [3.63, 3.8) is 0 Å². The predicted octanol–water partition coefficient (Wildman–Crippen LogP) is 2.11. The zero-order chi connectivity index (χ0) is 16.7. The van der Waals surface area contributed by atoms with Gasteiger partial charge in [-0.25, -0.2) is 4.98 Å². The molecule has 0 aliphatic carbocycles. The Labute approximate surface area is 139 Å². The maximum Gasteiger partial charge on any atom is 0.307 e. The number of aryl methyl sites for hydroxylation is 2. The van der Waals surface area contributed by atoms with Crippen molar-refractivity contribution in [1.29, 1.82) is 0 Å². The van der Waals surface area contributed by atoms with E-state index >= 15 is 0 Å². The second-order valence-electron chi connectivity index (χ2n) is 4.90. The Balaban J connectivity index is 2.05. The highest BCUT2D eigenvalue weighted by atomic mass is 35.5. The zero-order valence-electron chi connectivity index (χ0n) is 12.8. The van der Waals surface area contributed by atoms with Crippen LogP contribution in [0.5, 0.6) is 0 Å². The molecule has 1 aromatic carbocycles. The number of aromatic nitrogens is 2. The molecule has 0 fully saturated rings. The Kier molecular flexibility index (Phi) is 6.17. The molecule has 0 spiro atoms. The molecule has 0 atom stereocenters. The fraction of sp³-hybridized carbons (Fsp3) is 0.312. The quantitative estimate of drug-likeness (QED) is 0.784. The molecule has 0 aliphatic heterocycles. The van der Waals surface area contributed by atoms with Gasteiger partial charge in [0.2, 0.25) is 0 Å². The minimum Gasteiger partial charge on any atom is -0.469 e. The summed E-state index contributed by atoms with van der Waals surface area (Å²) in [4.78, 5) is 27.4. The molecule has 7 heteroatoms. The molecule has 0 unspecified atom stereocenters. The normalized spacial score (nSPS) is 10.3. The number of nitrogens with zero attached hydrogens (tertiary/aromatic N) is 2. The van der Waals surface area contributed by atoms with Gasteiger partial charge in [-0.1, -0.05) is 41.9 Å². The van der Waals surface area contributed by atoms with E-state index in [1.165, 1.54) is 17.9 Å². The van der Waals surface area contributed by atoms with Crippen LogP contribution in [0, 0.1) is 0 Å². The third kappa shape index (κ3) is 5.10. The van der Waals surface area contributed by atoms with E-state index in [-0.39, 0.29) is 35.5 Å². The average molecular weight is 336 g/mol. The molecule has 1 heterocycles. The molecule has 122 valence electrons. The van der Waals surface area contributed by atoms with E-state index in [1.54, 1.807) is 0 Å². The zero-order valence-corrected chi connectivity index (χ0v) is 13.5. The number of hydrogen-bond acceptors (Lipinski definition) is 5. The van der Waals surface area contributed by atoms with Crippen molar-refractivity contribution in [3.05, 3.63) is 57.6 Å². The van der Waals surface area contributed by atoms with Crippen molar-refractivity contribution in [2.75, 3.05) is 19.0 Å². The number of rotatable bonds is 7. The Morgan fingerprint density at radius 1 is 1.35 bits per heavy atom. The number of carbonyl (C=O) groups is 1. The van der Waals surface area contributed by atoms with Crippen molar-refractivity contribution in [2.24, 2.45) is 0 Å². The van der Waals surface area contributed by atoms with E-state index in [2.05, 4.69) is 15.0 Å². The minimum atomic E-state index is -0.357. The van der Waals surface area contributed by atoms with Crippen LogP contribution in [0.15, 0.2) is 41.3 Å². The minimum absolute atomic E-state index is 0.134. The molecule has 2 rings (SSSR count). The third-order valence-electron chi connectivity index (χ3n) is 3.28. The van der Waals surface area contributed by atoms with Gasteiger partial charge < -0.3 is 14.6 Å². The number of hydrogen-bond donors (Lipinski definition) is 1. The van der Waals surface area contributed by atoms with Gasteiger partial charge in [0.25, 0.3) is 5.56 Å². The van der Waals surface area contributed by atoms with Crippen LogP contribution in [0.2, 0.25) is 5.15 Å². The lowest BCUT2D eigenvalue weighted by molar-refractivity contribution is -0.140. The van der Waals surface area contributed by atoms with Gasteiger partial charge in [0.15, 0.2) is 5.82 Å². The Morgan fingerprint density at radius 3 is 2.78 bits per heavy atom. The van der Waals surface area contributed by atoms with Crippen molar-refractivity contribution in [2.45, 2.75) is 19.4 Å². The molecular formula is C16H18ClN3O3. The van der Waals surface area contributed by atoms with Crippen LogP contribution in [0.3, 0.4) is 0 Å².